The lowest BCUT2D eigenvalue weighted by molar-refractivity contribution is -0.149. The van der Waals surface area contributed by atoms with Crippen molar-refractivity contribution in [3.8, 4) is 22.9 Å². The summed E-state index contributed by atoms with van der Waals surface area (Å²) in [5.74, 6) is 0.400. The summed E-state index contributed by atoms with van der Waals surface area (Å²) >= 11 is 0. The maximum Gasteiger partial charge on any atom is 0.370 e. The van der Waals surface area contributed by atoms with Crippen molar-refractivity contribution in [3.05, 3.63) is 150 Å². The molecule has 0 radical (unpaired) electrons. The first-order valence-corrected chi connectivity index (χ1v) is 16.6. The molecule has 5 aromatic rings. The highest BCUT2D eigenvalue weighted by Gasteiger charge is 2.41. The number of nitrogens with zero attached hydrogens (tertiary/aromatic N) is 2. The molecule has 260 valence electrons. The number of hydrogen-bond donors (Lipinski definition) is 1. The minimum Gasteiger partial charge on any atom is -0.481 e. The van der Waals surface area contributed by atoms with Crippen LogP contribution in [0.25, 0.3) is 11.1 Å². The zero-order chi connectivity index (χ0) is 35.5. The fourth-order valence-corrected chi connectivity index (χ4v) is 5.97. The third-order valence-corrected chi connectivity index (χ3v) is 8.64. The Labute approximate surface area is 295 Å². The molecule has 1 aliphatic rings. The summed E-state index contributed by atoms with van der Waals surface area (Å²) in [7, 11) is 0. The van der Waals surface area contributed by atoms with E-state index < -0.39 is 23.3 Å². The van der Waals surface area contributed by atoms with Crippen molar-refractivity contribution in [2.24, 2.45) is 0 Å². The quantitative estimate of drug-likeness (QED) is 0.0872. The second-order valence-electron chi connectivity index (χ2n) is 12.2. The van der Waals surface area contributed by atoms with Gasteiger partial charge in [-0.15, -0.1) is 0 Å². The number of benzene rings is 4. The van der Waals surface area contributed by atoms with Crippen molar-refractivity contribution in [3.63, 3.8) is 0 Å². The second kappa shape index (κ2) is 16.5. The smallest absolute Gasteiger partial charge is 0.370 e. The van der Waals surface area contributed by atoms with Crippen LogP contribution in [0.3, 0.4) is 0 Å². The number of aliphatic carboxylic acids is 1. The monoisotopic (exact) mass is 688 g/mol. The molecule has 10 heteroatoms. The van der Waals surface area contributed by atoms with E-state index in [0.717, 1.165) is 16.7 Å². The van der Waals surface area contributed by atoms with Gasteiger partial charge in [-0.05, 0) is 40.5 Å². The zero-order valence-electron chi connectivity index (χ0n) is 27.9. The first-order chi connectivity index (χ1) is 24.9. The van der Waals surface area contributed by atoms with Gasteiger partial charge < -0.3 is 29.0 Å². The molecule has 0 bridgehead atoms. The van der Waals surface area contributed by atoms with Gasteiger partial charge >= 0.3 is 11.9 Å². The highest BCUT2D eigenvalue weighted by atomic mass is 19.1. The van der Waals surface area contributed by atoms with Gasteiger partial charge in [-0.3, -0.25) is 4.79 Å². The summed E-state index contributed by atoms with van der Waals surface area (Å²) < 4.78 is 39.5. The molecule has 6 rings (SSSR count). The van der Waals surface area contributed by atoms with Gasteiger partial charge in [0.2, 0.25) is 17.7 Å². The summed E-state index contributed by atoms with van der Waals surface area (Å²) in [6, 6.07) is 37.1. The third kappa shape index (κ3) is 9.32. The van der Waals surface area contributed by atoms with E-state index in [4.69, 9.17) is 18.9 Å². The van der Waals surface area contributed by atoms with Crippen molar-refractivity contribution < 1.29 is 38.0 Å². The van der Waals surface area contributed by atoms with Crippen LogP contribution in [-0.4, -0.2) is 40.7 Å². The second-order valence-corrected chi connectivity index (χ2v) is 12.2. The summed E-state index contributed by atoms with van der Waals surface area (Å²) in [5, 5.41) is 9.69. The molecule has 1 saturated heterocycles. The Morgan fingerprint density at radius 1 is 0.784 bits per heavy atom. The highest BCUT2D eigenvalue weighted by molar-refractivity contribution is 5.72. The number of hydrogen-bond acceptors (Lipinski definition) is 8. The van der Waals surface area contributed by atoms with Gasteiger partial charge in [0.1, 0.15) is 31.2 Å². The molecule has 0 aliphatic carbocycles. The first kappa shape index (κ1) is 34.7. The van der Waals surface area contributed by atoms with Crippen molar-refractivity contribution in [2.75, 3.05) is 18.0 Å². The van der Waals surface area contributed by atoms with E-state index in [0.29, 0.717) is 35.2 Å². The number of ether oxygens (including phenoxy) is 4. The van der Waals surface area contributed by atoms with Crippen LogP contribution in [0.4, 0.5) is 10.1 Å². The SMILES string of the molecule is O=C=C(OCc1ccccc1)OC1(CC(=O)O)CCN(c2ccc(-c3ccc(OCc4ccccc4)nc3OCc3ccccc3)cc2F)CC1. The van der Waals surface area contributed by atoms with Gasteiger partial charge in [0.25, 0.3) is 0 Å². The molecule has 1 aliphatic heterocycles. The Hall–Kier alpha value is -6.12. The Morgan fingerprint density at radius 2 is 1.37 bits per heavy atom. The highest BCUT2D eigenvalue weighted by Crippen LogP contribution is 2.37. The molecule has 1 N–H and O–H groups in total. The van der Waals surface area contributed by atoms with Gasteiger partial charge in [-0.1, -0.05) is 97.1 Å². The van der Waals surface area contributed by atoms with Crippen molar-refractivity contribution in [1.82, 2.24) is 4.98 Å². The van der Waals surface area contributed by atoms with Gasteiger partial charge in [0, 0.05) is 37.6 Å². The summed E-state index contributed by atoms with van der Waals surface area (Å²) in [6.45, 7) is 1.23. The number of halogens is 1. The normalized spacial score (nSPS) is 13.5. The number of carboxylic acids is 1. The van der Waals surface area contributed by atoms with Gasteiger partial charge in [-0.2, -0.15) is 4.98 Å². The molecule has 0 spiro atoms. The van der Waals surface area contributed by atoms with E-state index in [2.05, 4.69) is 4.98 Å². The number of carboxylic acid groups (broad SMARTS) is 1. The molecule has 9 nitrogen and oxygen atoms in total. The molecule has 1 aromatic heterocycles. The van der Waals surface area contributed by atoms with Crippen molar-refractivity contribution >= 4 is 17.6 Å². The van der Waals surface area contributed by atoms with E-state index in [1.807, 2.05) is 95.9 Å². The van der Waals surface area contributed by atoms with Gasteiger partial charge in [-0.25, -0.2) is 9.18 Å². The largest absolute Gasteiger partial charge is 0.481 e. The average molecular weight is 689 g/mol. The van der Waals surface area contributed by atoms with Gasteiger partial charge in [0.05, 0.1) is 12.1 Å². The first-order valence-electron chi connectivity index (χ1n) is 16.6. The molecule has 0 unspecified atom stereocenters. The molecule has 0 amide bonds. The predicted octanol–water partition coefficient (Wildman–Crippen LogP) is 7.77. The summed E-state index contributed by atoms with van der Waals surface area (Å²) in [6.07, 6.45) is 0.0738. The van der Waals surface area contributed by atoms with E-state index in [9.17, 15) is 14.7 Å². The zero-order valence-corrected chi connectivity index (χ0v) is 27.9. The van der Waals surface area contributed by atoms with Crippen LogP contribution in [0.2, 0.25) is 0 Å². The Morgan fingerprint density at radius 3 is 1.94 bits per heavy atom. The van der Waals surface area contributed by atoms with E-state index in [-0.39, 0.29) is 45.6 Å². The maximum absolute atomic E-state index is 15.9. The molecule has 51 heavy (non-hydrogen) atoms. The standard InChI is InChI=1S/C41H37FN2O7/c42-35-24-33(34-17-19-37(48-27-30-10-4-1-5-11-30)43-40(34)50-29-32-14-8-3-9-15-32)16-18-36(35)44-22-20-41(21-23-44,25-38(46)47)51-39(26-45)49-28-31-12-6-2-7-13-31/h1-19,24H,20-23,25,27-29H2,(H,46,47). The van der Waals surface area contributed by atoms with E-state index in [1.165, 1.54) is 6.07 Å². The average Bonchev–Trinajstić information content (AvgIpc) is 3.16. The van der Waals surface area contributed by atoms with Crippen LogP contribution >= 0.6 is 0 Å². The molecule has 1 fully saturated rings. The van der Waals surface area contributed by atoms with Crippen LogP contribution in [0.5, 0.6) is 11.8 Å². The van der Waals surface area contributed by atoms with Crippen LogP contribution in [-0.2, 0) is 38.9 Å². The molecular weight excluding hydrogens is 651 g/mol. The van der Waals surface area contributed by atoms with E-state index >= 15 is 4.39 Å². The molecule has 0 saturated carbocycles. The topological polar surface area (TPSA) is 107 Å². The van der Waals surface area contributed by atoms with Crippen LogP contribution < -0.4 is 14.4 Å². The maximum atomic E-state index is 15.9. The van der Waals surface area contributed by atoms with Crippen molar-refractivity contribution in [2.45, 2.75) is 44.7 Å². The minimum atomic E-state index is -1.22. The van der Waals surface area contributed by atoms with E-state index in [1.54, 1.807) is 30.2 Å². The summed E-state index contributed by atoms with van der Waals surface area (Å²) in [5.41, 5.74) is 3.06. The number of carbonyl (C=O) groups is 1. The molecule has 2 heterocycles. The molecule has 0 atom stereocenters. The lowest BCUT2D eigenvalue weighted by Gasteiger charge is -2.41. The Kier molecular flexibility index (Phi) is 11.3. The van der Waals surface area contributed by atoms with Crippen LogP contribution in [0, 0.1) is 5.82 Å². The molecule has 4 aromatic carbocycles. The van der Waals surface area contributed by atoms with Gasteiger partial charge in [0.15, 0.2) is 0 Å². The number of aromatic nitrogens is 1. The number of rotatable bonds is 15. The third-order valence-electron chi connectivity index (χ3n) is 8.64. The lowest BCUT2D eigenvalue weighted by atomic mass is 9.87. The fraction of sp³-hybridized carbons (Fsp3) is 0.220. The predicted molar refractivity (Wildman–Crippen MR) is 189 cm³/mol. The Bertz CT molecular complexity index is 1960. The Balaban J connectivity index is 1.17. The summed E-state index contributed by atoms with van der Waals surface area (Å²) in [4.78, 5) is 30.0. The fourth-order valence-electron chi connectivity index (χ4n) is 5.97. The molecular formula is C41H37FN2O7. The number of anilines is 1. The number of carbonyl (C=O) groups excluding carboxylic acids is 1. The van der Waals surface area contributed by atoms with Crippen LogP contribution in [0.15, 0.2) is 127 Å². The van der Waals surface area contributed by atoms with Crippen molar-refractivity contribution in [1.29, 1.82) is 0 Å². The van der Waals surface area contributed by atoms with Crippen LogP contribution in [0.1, 0.15) is 36.0 Å². The minimum absolute atomic E-state index is 0.0657. The number of pyridine rings is 1. The lowest BCUT2D eigenvalue weighted by Crippen LogP contribution is -2.47. The number of piperidine rings is 1.